The monoisotopic (exact) mass is 211 g/mol. The first-order valence-corrected chi connectivity index (χ1v) is 5.93. The Bertz CT molecular complexity index is 205. The lowest BCUT2D eigenvalue weighted by Gasteiger charge is -2.43. The largest absolute Gasteiger partial charge is 0.391 e. The lowest BCUT2D eigenvalue weighted by molar-refractivity contribution is -0.0228. The van der Waals surface area contributed by atoms with Crippen molar-refractivity contribution in [3.05, 3.63) is 0 Å². The van der Waals surface area contributed by atoms with Crippen LogP contribution in [0.5, 0.6) is 0 Å². The number of aliphatic hydroxyl groups is 1. The SMILES string of the molecule is C#CCCC(O)C(C)(CC)N(CC)CC. The molecule has 2 atom stereocenters. The van der Waals surface area contributed by atoms with E-state index in [1.54, 1.807) is 0 Å². The number of terminal acetylenes is 1. The topological polar surface area (TPSA) is 23.5 Å². The molecule has 0 saturated carbocycles. The Kier molecular flexibility index (Phi) is 6.63. The zero-order valence-electron chi connectivity index (χ0n) is 10.6. The van der Waals surface area contributed by atoms with Gasteiger partial charge in [0.1, 0.15) is 0 Å². The molecule has 0 heterocycles. The van der Waals surface area contributed by atoms with Crippen LogP contribution in [0, 0.1) is 12.3 Å². The van der Waals surface area contributed by atoms with Crippen LogP contribution >= 0.6 is 0 Å². The van der Waals surface area contributed by atoms with Crippen molar-refractivity contribution in [2.75, 3.05) is 13.1 Å². The van der Waals surface area contributed by atoms with Gasteiger partial charge in [0, 0.05) is 12.0 Å². The molecule has 1 N–H and O–H groups in total. The average molecular weight is 211 g/mol. The van der Waals surface area contributed by atoms with Crippen LogP contribution in [0.25, 0.3) is 0 Å². The Balaban J connectivity index is 4.59. The Morgan fingerprint density at radius 3 is 2.20 bits per heavy atom. The highest BCUT2D eigenvalue weighted by Crippen LogP contribution is 2.26. The van der Waals surface area contributed by atoms with E-state index < -0.39 is 0 Å². The third-order valence-corrected chi connectivity index (χ3v) is 3.48. The molecule has 0 bridgehead atoms. The highest BCUT2D eigenvalue weighted by molar-refractivity contribution is 4.94. The van der Waals surface area contributed by atoms with E-state index in [4.69, 9.17) is 6.42 Å². The van der Waals surface area contributed by atoms with Gasteiger partial charge in [0.15, 0.2) is 0 Å². The molecule has 0 aromatic carbocycles. The molecule has 0 amide bonds. The zero-order chi connectivity index (χ0) is 11.9. The minimum absolute atomic E-state index is 0.139. The number of rotatable bonds is 7. The summed E-state index contributed by atoms with van der Waals surface area (Å²) in [6.07, 6.45) is 7.18. The van der Waals surface area contributed by atoms with Crippen molar-refractivity contribution in [2.45, 2.75) is 58.6 Å². The lowest BCUT2D eigenvalue weighted by Crippen LogP contribution is -2.54. The Morgan fingerprint density at radius 2 is 1.87 bits per heavy atom. The molecule has 0 aliphatic rings. The minimum Gasteiger partial charge on any atom is -0.391 e. The van der Waals surface area contributed by atoms with Gasteiger partial charge in [-0.3, -0.25) is 4.90 Å². The van der Waals surface area contributed by atoms with Crippen LogP contribution < -0.4 is 0 Å². The van der Waals surface area contributed by atoms with E-state index >= 15 is 0 Å². The van der Waals surface area contributed by atoms with Gasteiger partial charge in [-0.25, -0.2) is 0 Å². The maximum Gasteiger partial charge on any atom is 0.0730 e. The van der Waals surface area contributed by atoms with Crippen LogP contribution in [0.2, 0.25) is 0 Å². The molecule has 0 aliphatic carbocycles. The van der Waals surface area contributed by atoms with E-state index in [0.29, 0.717) is 12.8 Å². The van der Waals surface area contributed by atoms with Gasteiger partial charge in [-0.1, -0.05) is 20.8 Å². The molecular formula is C13H25NO. The van der Waals surface area contributed by atoms with E-state index in [1.165, 1.54) is 0 Å². The lowest BCUT2D eigenvalue weighted by atomic mass is 9.86. The first-order chi connectivity index (χ1) is 7.06. The predicted octanol–water partition coefficient (Wildman–Crippen LogP) is 2.27. The highest BCUT2D eigenvalue weighted by Gasteiger charge is 2.35. The zero-order valence-corrected chi connectivity index (χ0v) is 10.6. The van der Waals surface area contributed by atoms with Gasteiger partial charge in [0.05, 0.1) is 6.10 Å². The molecule has 2 unspecified atom stereocenters. The molecular weight excluding hydrogens is 186 g/mol. The van der Waals surface area contributed by atoms with Crippen molar-refractivity contribution < 1.29 is 5.11 Å². The van der Waals surface area contributed by atoms with Crippen molar-refractivity contribution in [2.24, 2.45) is 0 Å². The Labute approximate surface area is 94.7 Å². The van der Waals surface area contributed by atoms with Crippen LogP contribution in [0.4, 0.5) is 0 Å². The average Bonchev–Trinajstić information content (AvgIpc) is 2.26. The molecule has 0 spiro atoms. The maximum atomic E-state index is 10.2. The smallest absolute Gasteiger partial charge is 0.0730 e. The summed E-state index contributed by atoms with van der Waals surface area (Å²) in [7, 11) is 0. The van der Waals surface area contributed by atoms with Crippen molar-refractivity contribution in [1.29, 1.82) is 0 Å². The first kappa shape index (κ1) is 14.5. The number of aliphatic hydroxyl groups excluding tert-OH is 1. The van der Waals surface area contributed by atoms with Crippen LogP contribution in [0.3, 0.4) is 0 Å². The molecule has 0 fully saturated rings. The van der Waals surface area contributed by atoms with Crippen molar-refractivity contribution in [3.63, 3.8) is 0 Å². The molecule has 0 aromatic heterocycles. The fourth-order valence-electron chi connectivity index (χ4n) is 2.15. The van der Waals surface area contributed by atoms with Crippen molar-refractivity contribution in [3.8, 4) is 12.3 Å². The van der Waals surface area contributed by atoms with E-state index in [9.17, 15) is 5.11 Å². The standard InChI is InChI=1S/C13H25NO/c1-6-10-11-12(15)13(5,7-2)14(8-3)9-4/h1,12,15H,7-11H2,2-5H3. The molecule has 2 nitrogen and oxygen atoms in total. The van der Waals surface area contributed by atoms with Gasteiger partial charge in [0.25, 0.3) is 0 Å². The normalized spacial score (nSPS) is 17.1. The van der Waals surface area contributed by atoms with Gasteiger partial charge in [-0.05, 0) is 32.9 Å². The number of likely N-dealkylation sites (N-methyl/N-ethyl adjacent to an activating group) is 1. The van der Waals surface area contributed by atoms with Crippen molar-refractivity contribution in [1.82, 2.24) is 4.90 Å². The molecule has 15 heavy (non-hydrogen) atoms. The summed E-state index contributed by atoms with van der Waals surface area (Å²) in [6.45, 7) is 10.4. The third-order valence-electron chi connectivity index (χ3n) is 3.48. The van der Waals surface area contributed by atoms with Gasteiger partial charge < -0.3 is 5.11 Å². The maximum absolute atomic E-state index is 10.2. The van der Waals surface area contributed by atoms with E-state index in [1.807, 2.05) is 0 Å². The third kappa shape index (κ3) is 3.52. The first-order valence-electron chi connectivity index (χ1n) is 5.93. The summed E-state index contributed by atoms with van der Waals surface area (Å²) in [5.74, 6) is 2.59. The van der Waals surface area contributed by atoms with Gasteiger partial charge in [-0.2, -0.15) is 0 Å². The molecule has 0 aromatic rings. The quantitative estimate of drug-likeness (QED) is 0.653. The minimum atomic E-state index is -0.335. The summed E-state index contributed by atoms with van der Waals surface area (Å²) >= 11 is 0. The molecule has 2 heteroatoms. The van der Waals surface area contributed by atoms with Crippen LogP contribution in [-0.2, 0) is 0 Å². The van der Waals surface area contributed by atoms with E-state index in [2.05, 4.69) is 38.5 Å². The molecule has 0 radical (unpaired) electrons. The second-order valence-electron chi connectivity index (χ2n) is 4.14. The van der Waals surface area contributed by atoms with E-state index in [0.717, 1.165) is 19.5 Å². The summed E-state index contributed by atoms with van der Waals surface area (Å²) in [6, 6.07) is 0. The van der Waals surface area contributed by atoms with Crippen molar-refractivity contribution >= 4 is 0 Å². The predicted molar refractivity (Wildman–Crippen MR) is 65.7 cm³/mol. The Morgan fingerprint density at radius 1 is 1.33 bits per heavy atom. The number of hydrogen-bond donors (Lipinski definition) is 1. The summed E-state index contributed by atoms with van der Waals surface area (Å²) in [5.41, 5.74) is -0.139. The van der Waals surface area contributed by atoms with Gasteiger partial charge in [-0.15, -0.1) is 12.3 Å². The molecule has 0 rings (SSSR count). The van der Waals surface area contributed by atoms with Crippen LogP contribution in [0.1, 0.15) is 47.0 Å². The van der Waals surface area contributed by atoms with Crippen LogP contribution in [-0.4, -0.2) is 34.7 Å². The summed E-state index contributed by atoms with van der Waals surface area (Å²) in [5, 5.41) is 10.2. The van der Waals surface area contributed by atoms with Gasteiger partial charge in [0.2, 0.25) is 0 Å². The van der Waals surface area contributed by atoms with Crippen LogP contribution in [0.15, 0.2) is 0 Å². The molecule has 0 saturated heterocycles. The summed E-state index contributed by atoms with van der Waals surface area (Å²) < 4.78 is 0. The number of nitrogens with zero attached hydrogens (tertiary/aromatic N) is 1. The fourth-order valence-corrected chi connectivity index (χ4v) is 2.15. The Hall–Kier alpha value is -0.520. The van der Waals surface area contributed by atoms with Gasteiger partial charge >= 0.3 is 0 Å². The number of hydrogen-bond acceptors (Lipinski definition) is 2. The fraction of sp³-hybridized carbons (Fsp3) is 0.846. The molecule has 0 aliphatic heterocycles. The molecule has 88 valence electrons. The highest BCUT2D eigenvalue weighted by atomic mass is 16.3. The summed E-state index contributed by atoms with van der Waals surface area (Å²) in [4.78, 5) is 2.31. The van der Waals surface area contributed by atoms with E-state index in [-0.39, 0.29) is 11.6 Å². The second-order valence-corrected chi connectivity index (χ2v) is 4.14. The second kappa shape index (κ2) is 6.87.